The molecule has 11 heteroatoms. The lowest BCUT2D eigenvalue weighted by atomic mass is 10.9. The summed E-state index contributed by atoms with van der Waals surface area (Å²) in [6.45, 7) is 7.11. The second kappa shape index (κ2) is 7.33. The van der Waals surface area contributed by atoms with E-state index in [1.54, 1.807) is 0 Å². The molecular weight excluding hydrogens is 320 g/mol. The molecule has 0 aliphatic carbocycles. The van der Waals surface area contributed by atoms with Crippen LogP contribution in [0.2, 0.25) is 13.1 Å². The zero-order valence-electron chi connectivity index (χ0n) is 12.7. The van der Waals surface area contributed by atoms with E-state index in [4.69, 9.17) is 21.8 Å². The quantitative estimate of drug-likeness (QED) is 0.634. The first-order chi connectivity index (χ1) is 9.37. The van der Waals surface area contributed by atoms with Gasteiger partial charge in [-0.15, -0.1) is 0 Å². The van der Waals surface area contributed by atoms with Gasteiger partial charge in [-0.05, 0) is 13.1 Å². The van der Waals surface area contributed by atoms with Crippen LogP contribution in [0.3, 0.4) is 0 Å². The van der Waals surface area contributed by atoms with Crippen LogP contribution in [-0.2, 0) is 41.0 Å². The number of carbonyl (C=O) groups excluding carboxylic acids is 4. The van der Waals surface area contributed by atoms with Crippen molar-refractivity contribution in [3.63, 3.8) is 0 Å². The molecule has 0 N–H and O–H groups in total. The Morgan fingerprint density at radius 2 is 0.905 bits per heavy atom. The summed E-state index contributed by atoms with van der Waals surface area (Å²) in [5, 5.41) is 0. The van der Waals surface area contributed by atoms with E-state index in [1.165, 1.54) is 13.1 Å². The van der Waals surface area contributed by atoms with Gasteiger partial charge in [-0.2, -0.15) is 0 Å². The van der Waals surface area contributed by atoms with Gasteiger partial charge in [0.2, 0.25) is 0 Å². The second-order valence-corrected chi connectivity index (χ2v) is 9.81. The second-order valence-electron chi connectivity index (χ2n) is 4.38. The van der Waals surface area contributed by atoms with E-state index in [9.17, 15) is 19.2 Å². The van der Waals surface area contributed by atoms with Crippen molar-refractivity contribution in [2.45, 2.75) is 40.8 Å². The van der Waals surface area contributed by atoms with Crippen molar-refractivity contribution in [1.29, 1.82) is 0 Å². The van der Waals surface area contributed by atoms with Gasteiger partial charge in [0.25, 0.3) is 23.9 Å². The highest BCUT2D eigenvalue weighted by atomic mass is 28.5. The minimum absolute atomic E-state index is 0.636. The Bertz CT molecular complexity index is 405. The number of carbonyl (C=O) groups is 4. The maximum Gasteiger partial charge on any atom is 0.890 e. The third kappa shape index (κ3) is 8.21. The standard InChI is InChI=1S/C10H18O9Si2/c1-7(11)15-20(5,6)19-21(16-8(2)12,17-9(3)13)18-10(4)14/h1-6H3. The van der Waals surface area contributed by atoms with Crippen LogP contribution in [0.15, 0.2) is 0 Å². The van der Waals surface area contributed by atoms with E-state index >= 15 is 0 Å². The summed E-state index contributed by atoms with van der Waals surface area (Å²) in [5.74, 6) is -3.27. The van der Waals surface area contributed by atoms with Crippen LogP contribution in [0, 0.1) is 0 Å². The predicted molar refractivity (Wildman–Crippen MR) is 71.4 cm³/mol. The number of rotatable bonds is 6. The van der Waals surface area contributed by atoms with E-state index in [2.05, 4.69) is 0 Å². The normalized spacial score (nSPS) is 11.3. The third-order valence-electron chi connectivity index (χ3n) is 1.57. The molecule has 0 spiro atoms. The van der Waals surface area contributed by atoms with Gasteiger partial charge >= 0.3 is 17.6 Å². The van der Waals surface area contributed by atoms with Gasteiger partial charge in [-0.3, -0.25) is 19.2 Å². The van der Waals surface area contributed by atoms with Gasteiger partial charge < -0.3 is 21.8 Å². The van der Waals surface area contributed by atoms with Crippen LogP contribution in [-0.4, -0.2) is 41.5 Å². The number of hydrogen-bond donors (Lipinski definition) is 0. The largest absolute Gasteiger partial charge is 0.890 e. The maximum atomic E-state index is 11.2. The molecule has 0 aliphatic heterocycles. The van der Waals surface area contributed by atoms with Crippen LogP contribution in [0.1, 0.15) is 27.7 Å². The highest BCUT2D eigenvalue weighted by Gasteiger charge is 2.62. The molecule has 0 aliphatic rings. The van der Waals surface area contributed by atoms with Crippen molar-refractivity contribution in [2.75, 3.05) is 0 Å². The van der Waals surface area contributed by atoms with Crippen LogP contribution in [0.5, 0.6) is 0 Å². The highest BCUT2D eigenvalue weighted by molar-refractivity contribution is 6.76. The smallest absolute Gasteiger partial charge is 0.495 e. The molecule has 21 heavy (non-hydrogen) atoms. The molecule has 0 fully saturated rings. The molecule has 0 aromatic heterocycles. The Morgan fingerprint density at radius 1 is 0.619 bits per heavy atom. The highest BCUT2D eigenvalue weighted by Crippen LogP contribution is 2.21. The van der Waals surface area contributed by atoms with Crippen molar-refractivity contribution in [3.8, 4) is 0 Å². The number of hydrogen-bond acceptors (Lipinski definition) is 9. The van der Waals surface area contributed by atoms with E-state index < -0.39 is 41.5 Å². The van der Waals surface area contributed by atoms with Gasteiger partial charge in [0.15, 0.2) is 0 Å². The topological polar surface area (TPSA) is 114 Å². The van der Waals surface area contributed by atoms with Gasteiger partial charge in [-0.25, -0.2) is 0 Å². The van der Waals surface area contributed by atoms with Crippen molar-refractivity contribution in [2.24, 2.45) is 0 Å². The van der Waals surface area contributed by atoms with E-state index in [0.717, 1.165) is 27.7 Å². The first-order valence-electron chi connectivity index (χ1n) is 5.86. The summed E-state index contributed by atoms with van der Waals surface area (Å²) in [4.78, 5) is 44.6. The lowest BCUT2D eigenvalue weighted by Gasteiger charge is -2.30. The van der Waals surface area contributed by atoms with Crippen molar-refractivity contribution in [3.05, 3.63) is 0 Å². The summed E-state index contributed by atoms with van der Waals surface area (Å²) in [5.41, 5.74) is 0. The van der Waals surface area contributed by atoms with Crippen LogP contribution in [0.4, 0.5) is 0 Å². The van der Waals surface area contributed by atoms with Crippen LogP contribution < -0.4 is 0 Å². The molecule has 9 nitrogen and oxygen atoms in total. The molecule has 0 aromatic rings. The third-order valence-corrected chi connectivity index (χ3v) is 6.92. The summed E-state index contributed by atoms with van der Waals surface area (Å²) >= 11 is 0. The molecule has 120 valence electrons. The Kier molecular flexibility index (Phi) is 6.73. The maximum absolute atomic E-state index is 11.2. The van der Waals surface area contributed by atoms with E-state index in [0.29, 0.717) is 0 Å². The van der Waals surface area contributed by atoms with Gasteiger partial charge in [-0.1, -0.05) is 0 Å². The zero-order chi connectivity index (χ0) is 16.8. The molecule has 0 bridgehead atoms. The fourth-order valence-electron chi connectivity index (χ4n) is 1.32. The van der Waals surface area contributed by atoms with E-state index in [1.807, 2.05) is 0 Å². The van der Waals surface area contributed by atoms with Gasteiger partial charge in [0.05, 0.1) is 0 Å². The summed E-state index contributed by atoms with van der Waals surface area (Å²) in [7, 11) is -7.67. The lowest BCUT2D eigenvalue weighted by Crippen LogP contribution is -2.59. The zero-order valence-corrected chi connectivity index (χ0v) is 14.7. The summed E-state index contributed by atoms with van der Waals surface area (Å²) < 4.78 is 24.8. The minimum atomic E-state index is -4.45. The minimum Gasteiger partial charge on any atom is -0.495 e. The Labute approximate surface area is 124 Å². The fraction of sp³-hybridized carbons (Fsp3) is 0.600. The molecular formula is C10H18O9Si2. The molecule has 0 heterocycles. The van der Waals surface area contributed by atoms with Crippen molar-refractivity contribution >= 4 is 41.5 Å². The molecule has 0 radical (unpaired) electrons. The Hall–Kier alpha value is -1.73. The molecule has 0 saturated heterocycles. The predicted octanol–water partition coefficient (Wildman–Crippen LogP) is 0.393. The Morgan fingerprint density at radius 3 is 1.14 bits per heavy atom. The first kappa shape index (κ1) is 19.3. The molecule has 0 aromatic carbocycles. The van der Waals surface area contributed by atoms with Crippen molar-refractivity contribution < 1.29 is 41.0 Å². The molecule has 0 rings (SSSR count). The average Bonchev–Trinajstić information content (AvgIpc) is 2.07. The first-order valence-corrected chi connectivity index (χ1v) is 10.3. The molecule has 0 unspecified atom stereocenters. The monoisotopic (exact) mass is 338 g/mol. The lowest BCUT2D eigenvalue weighted by molar-refractivity contribution is -0.153. The SMILES string of the molecule is CC(=O)O[Si](C)(C)O[Si](OC(C)=O)(OC(C)=O)OC(C)=O. The Balaban J connectivity index is 5.50. The van der Waals surface area contributed by atoms with Gasteiger partial charge in [0.1, 0.15) is 0 Å². The molecule has 0 atom stereocenters. The van der Waals surface area contributed by atoms with E-state index in [-0.39, 0.29) is 0 Å². The molecule has 0 saturated carbocycles. The summed E-state index contributed by atoms with van der Waals surface area (Å²) in [6.07, 6.45) is 0. The van der Waals surface area contributed by atoms with Crippen LogP contribution in [0.25, 0.3) is 0 Å². The fourth-order valence-corrected chi connectivity index (χ4v) is 6.27. The van der Waals surface area contributed by atoms with Crippen LogP contribution >= 0.6 is 0 Å². The average molecular weight is 338 g/mol. The van der Waals surface area contributed by atoms with Crippen molar-refractivity contribution in [1.82, 2.24) is 0 Å². The summed E-state index contributed by atoms with van der Waals surface area (Å²) in [6, 6.07) is 0. The van der Waals surface area contributed by atoms with Gasteiger partial charge in [0, 0.05) is 27.7 Å². The molecule has 0 amide bonds.